The number of nitrogens with zero attached hydrogens (tertiary/aromatic N) is 2. The van der Waals surface area contributed by atoms with Crippen molar-refractivity contribution in [2.45, 2.75) is 39.2 Å². The molecular formula is C24H34N4O3S2. The molecule has 1 atom stereocenters. The van der Waals surface area contributed by atoms with Crippen LogP contribution < -0.4 is 11.1 Å². The van der Waals surface area contributed by atoms with Crippen LogP contribution in [0.1, 0.15) is 53.4 Å². The van der Waals surface area contributed by atoms with E-state index in [2.05, 4.69) is 41.7 Å². The molecule has 180 valence electrons. The van der Waals surface area contributed by atoms with Gasteiger partial charge < -0.3 is 16.0 Å². The highest BCUT2D eigenvalue weighted by molar-refractivity contribution is 7.89. The number of hydrogen-bond donors (Lipinski definition) is 2. The van der Waals surface area contributed by atoms with Crippen LogP contribution in [-0.2, 0) is 16.6 Å². The molecule has 1 amide bonds. The topological polar surface area (TPSA) is 95.7 Å². The third-order valence-corrected chi connectivity index (χ3v) is 9.91. The molecule has 1 aromatic heterocycles. The molecule has 0 aliphatic carbocycles. The second kappa shape index (κ2) is 9.74. The van der Waals surface area contributed by atoms with Crippen molar-refractivity contribution in [3.8, 4) is 11.1 Å². The molecule has 2 aliphatic heterocycles. The Balaban J connectivity index is 1.61. The summed E-state index contributed by atoms with van der Waals surface area (Å²) in [6.45, 7) is 7.61. The molecule has 1 saturated heterocycles. The summed E-state index contributed by atoms with van der Waals surface area (Å²) in [4.78, 5) is 15.9. The maximum atomic E-state index is 12.3. The predicted octanol–water partition coefficient (Wildman–Crippen LogP) is 3.54. The van der Waals surface area contributed by atoms with E-state index in [9.17, 15) is 13.2 Å². The lowest BCUT2D eigenvalue weighted by Gasteiger charge is -2.34. The van der Waals surface area contributed by atoms with Gasteiger partial charge in [0.1, 0.15) is 0 Å². The summed E-state index contributed by atoms with van der Waals surface area (Å²) in [5, 5.41) is 5.58. The van der Waals surface area contributed by atoms with Gasteiger partial charge in [-0.05, 0) is 79.5 Å². The number of benzene rings is 1. The standard InChI is InChI=1S/C24H34N4O3S2/c1-4-27(3)14-19-10-18(15-32-19)17-11-20-22(13-26-23(20)21(12-17)24(25)29)16-6-8-28(9-7-16)33(30,31)5-2/h10-12,15-16,22,26H,4-9,13-14H2,1-3H3,(H2,25,29). The Morgan fingerprint density at radius 1 is 1.21 bits per heavy atom. The lowest BCUT2D eigenvalue weighted by molar-refractivity contribution is 0.100. The van der Waals surface area contributed by atoms with E-state index in [1.807, 2.05) is 6.07 Å². The molecule has 2 aromatic rings. The first-order chi connectivity index (χ1) is 15.7. The molecule has 9 heteroatoms. The number of primary amides is 1. The second-order valence-corrected chi connectivity index (χ2v) is 12.4. The van der Waals surface area contributed by atoms with Crippen molar-refractivity contribution in [1.82, 2.24) is 9.21 Å². The molecule has 1 fully saturated rings. The summed E-state index contributed by atoms with van der Waals surface area (Å²) < 4.78 is 26.1. The van der Waals surface area contributed by atoms with E-state index < -0.39 is 15.9 Å². The lowest BCUT2D eigenvalue weighted by atomic mass is 9.80. The van der Waals surface area contributed by atoms with Gasteiger partial charge in [0.2, 0.25) is 10.0 Å². The first-order valence-electron chi connectivity index (χ1n) is 11.7. The van der Waals surface area contributed by atoms with Gasteiger partial charge in [0.25, 0.3) is 5.91 Å². The van der Waals surface area contributed by atoms with Crippen LogP contribution in [0.3, 0.4) is 0 Å². The van der Waals surface area contributed by atoms with Crippen molar-refractivity contribution in [3.63, 3.8) is 0 Å². The van der Waals surface area contributed by atoms with Crippen LogP contribution in [0.5, 0.6) is 0 Å². The van der Waals surface area contributed by atoms with Crippen LogP contribution in [-0.4, -0.2) is 62.5 Å². The molecule has 0 spiro atoms. The number of piperidine rings is 1. The largest absolute Gasteiger partial charge is 0.384 e. The van der Waals surface area contributed by atoms with Crippen molar-refractivity contribution in [1.29, 1.82) is 0 Å². The van der Waals surface area contributed by atoms with Gasteiger partial charge in [-0.3, -0.25) is 4.79 Å². The van der Waals surface area contributed by atoms with Gasteiger partial charge in [0, 0.05) is 37.0 Å². The van der Waals surface area contributed by atoms with Gasteiger partial charge in [-0.25, -0.2) is 12.7 Å². The summed E-state index contributed by atoms with van der Waals surface area (Å²) >= 11 is 1.73. The molecule has 4 rings (SSSR count). The van der Waals surface area contributed by atoms with Gasteiger partial charge >= 0.3 is 0 Å². The lowest BCUT2D eigenvalue weighted by Crippen LogP contribution is -2.40. The van der Waals surface area contributed by atoms with Crippen LogP contribution >= 0.6 is 11.3 Å². The molecule has 1 aromatic carbocycles. The maximum absolute atomic E-state index is 12.3. The van der Waals surface area contributed by atoms with Gasteiger partial charge in [-0.15, -0.1) is 11.3 Å². The van der Waals surface area contributed by atoms with E-state index in [0.717, 1.165) is 54.9 Å². The summed E-state index contributed by atoms with van der Waals surface area (Å²) in [6.07, 6.45) is 1.65. The van der Waals surface area contributed by atoms with E-state index in [1.165, 1.54) is 4.88 Å². The van der Waals surface area contributed by atoms with Crippen molar-refractivity contribution < 1.29 is 13.2 Å². The molecule has 3 heterocycles. The summed E-state index contributed by atoms with van der Waals surface area (Å²) in [5.41, 5.74) is 10.4. The third kappa shape index (κ3) is 4.96. The number of nitrogens with two attached hydrogens (primary N) is 1. The Labute approximate surface area is 201 Å². The minimum absolute atomic E-state index is 0.146. The van der Waals surface area contributed by atoms with Gasteiger partial charge in [0.05, 0.1) is 17.0 Å². The quantitative estimate of drug-likeness (QED) is 0.590. The first kappa shape index (κ1) is 24.2. The number of amides is 1. The van der Waals surface area contributed by atoms with Gasteiger partial charge in [-0.2, -0.15) is 0 Å². The monoisotopic (exact) mass is 490 g/mol. The average molecular weight is 491 g/mol. The Bertz CT molecular complexity index is 1120. The van der Waals surface area contributed by atoms with Crippen LogP contribution in [0.25, 0.3) is 11.1 Å². The Morgan fingerprint density at radius 2 is 1.94 bits per heavy atom. The van der Waals surface area contributed by atoms with Crippen LogP contribution in [0.15, 0.2) is 23.6 Å². The SMILES string of the molecule is CCN(C)Cc1cc(-c2cc(C(N)=O)c3c(c2)C(C2CCN(S(=O)(=O)CC)CC2)CN3)cs1. The number of fused-ring (bicyclic) bond motifs is 1. The number of carbonyl (C=O) groups excluding carboxylic acids is 1. The normalized spacial score (nSPS) is 19.6. The second-order valence-electron chi connectivity index (χ2n) is 9.11. The number of carbonyl (C=O) groups is 1. The maximum Gasteiger partial charge on any atom is 0.250 e. The van der Waals surface area contributed by atoms with E-state index in [0.29, 0.717) is 24.6 Å². The third-order valence-electron chi connectivity index (χ3n) is 7.11. The van der Waals surface area contributed by atoms with E-state index in [4.69, 9.17) is 5.73 Å². The number of anilines is 1. The first-order valence-corrected chi connectivity index (χ1v) is 14.2. The van der Waals surface area contributed by atoms with Crippen LogP contribution in [0, 0.1) is 5.92 Å². The average Bonchev–Trinajstić information content (AvgIpc) is 3.45. The molecule has 0 saturated carbocycles. The highest BCUT2D eigenvalue weighted by Gasteiger charge is 2.36. The van der Waals surface area contributed by atoms with Crippen LogP contribution in [0.2, 0.25) is 0 Å². The number of rotatable bonds is 8. The van der Waals surface area contributed by atoms with E-state index >= 15 is 0 Å². The fraction of sp³-hybridized carbons (Fsp3) is 0.542. The number of hydrogen-bond acceptors (Lipinski definition) is 6. The molecule has 0 bridgehead atoms. The predicted molar refractivity (Wildman–Crippen MR) is 135 cm³/mol. The summed E-state index contributed by atoms with van der Waals surface area (Å²) in [7, 11) is -1.04. The van der Waals surface area contributed by atoms with Crippen molar-refractivity contribution in [2.24, 2.45) is 11.7 Å². The van der Waals surface area contributed by atoms with Gasteiger partial charge in [0.15, 0.2) is 0 Å². The number of thiophene rings is 1. The highest BCUT2D eigenvalue weighted by atomic mass is 32.2. The summed E-state index contributed by atoms with van der Waals surface area (Å²) in [5.74, 6) is 0.336. The number of nitrogens with one attached hydrogen (secondary N) is 1. The molecule has 2 aliphatic rings. The molecule has 1 unspecified atom stereocenters. The zero-order valence-electron chi connectivity index (χ0n) is 19.6. The Kier molecular flexibility index (Phi) is 7.14. The fourth-order valence-electron chi connectivity index (χ4n) is 4.99. The fourth-order valence-corrected chi connectivity index (χ4v) is 7.09. The van der Waals surface area contributed by atoms with Crippen molar-refractivity contribution >= 4 is 33.0 Å². The molecular weight excluding hydrogens is 456 g/mol. The zero-order chi connectivity index (χ0) is 23.8. The Hall–Kier alpha value is -1.94. The minimum atomic E-state index is -3.14. The molecule has 33 heavy (non-hydrogen) atoms. The van der Waals surface area contributed by atoms with Crippen LogP contribution in [0.4, 0.5) is 5.69 Å². The highest BCUT2D eigenvalue weighted by Crippen LogP contribution is 2.44. The van der Waals surface area contributed by atoms with Crippen molar-refractivity contribution in [2.75, 3.05) is 44.3 Å². The number of sulfonamides is 1. The van der Waals surface area contributed by atoms with Gasteiger partial charge in [-0.1, -0.05) is 6.92 Å². The Morgan fingerprint density at radius 3 is 2.58 bits per heavy atom. The zero-order valence-corrected chi connectivity index (χ0v) is 21.3. The molecule has 3 N–H and O–H groups in total. The minimum Gasteiger partial charge on any atom is -0.384 e. The van der Waals surface area contributed by atoms with E-state index in [1.54, 1.807) is 22.6 Å². The molecule has 0 radical (unpaired) electrons. The smallest absolute Gasteiger partial charge is 0.250 e. The van der Waals surface area contributed by atoms with E-state index in [-0.39, 0.29) is 11.7 Å². The summed E-state index contributed by atoms with van der Waals surface area (Å²) in [6, 6.07) is 6.31. The van der Waals surface area contributed by atoms with Crippen molar-refractivity contribution in [3.05, 3.63) is 39.6 Å². The molecule has 7 nitrogen and oxygen atoms in total.